The molecule has 0 saturated heterocycles. The number of hydrogen-bond acceptors (Lipinski definition) is 4. The maximum absolute atomic E-state index is 12.3. The van der Waals surface area contributed by atoms with E-state index in [9.17, 15) is 9.90 Å². The standard InChI is InChI=1S/C21H24N4O2/c1-24(15-17-9-4-2-5-10-17)14-8-13-22-21(27)20-19(26)16-25(23-20)18-11-6-3-7-12-18/h2-7,9-12,16,26H,8,13-15H2,1H3,(H,22,27). The molecule has 3 rings (SSSR count). The van der Waals surface area contributed by atoms with Crippen molar-refractivity contribution in [2.45, 2.75) is 13.0 Å². The van der Waals surface area contributed by atoms with Gasteiger partial charge in [0.2, 0.25) is 0 Å². The summed E-state index contributed by atoms with van der Waals surface area (Å²) < 4.78 is 1.50. The topological polar surface area (TPSA) is 70.4 Å². The Morgan fingerprint density at radius 2 is 1.78 bits per heavy atom. The molecule has 2 aromatic carbocycles. The van der Waals surface area contributed by atoms with E-state index in [1.807, 2.05) is 48.5 Å². The zero-order valence-corrected chi connectivity index (χ0v) is 15.4. The van der Waals surface area contributed by atoms with Gasteiger partial charge in [-0.15, -0.1) is 0 Å². The number of hydrogen-bond donors (Lipinski definition) is 2. The number of carbonyl (C=O) groups is 1. The molecule has 0 aliphatic heterocycles. The van der Waals surface area contributed by atoms with Crippen molar-refractivity contribution in [1.82, 2.24) is 20.0 Å². The zero-order chi connectivity index (χ0) is 19.1. The monoisotopic (exact) mass is 364 g/mol. The SMILES string of the molecule is CN(CCCNC(=O)c1nn(-c2ccccc2)cc1O)Cc1ccccc1. The summed E-state index contributed by atoms with van der Waals surface area (Å²) >= 11 is 0. The Balaban J connectivity index is 1.46. The Hall–Kier alpha value is -3.12. The Bertz CT molecular complexity index is 862. The van der Waals surface area contributed by atoms with Crippen molar-refractivity contribution in [2.75, 3.05) is 20.1 Å². The number of para-hydroxylation sites is 1. The number of nitrogens with one attached hydrogen (secondary N) is 1. The quantitative estimate of drug-likeness (QED) is 0.603. The summed E-state index contributed by atoms with van der Waals surface area (Å²) in [7, 11) is 2.06. The van der Waals surface area contributed by atoms with Crippen molar-refractivity contribution in [3.8, 4) is 11.4 Å². The van der Waals surface area contributed by atoms with Gasteiger partial charge in [0.1, 0.15) is 0 Å². The van der Waals surface area contributed by atoms with Gasteiger partial charge in [0.15, 0.2) is 11.4 Å². The number of nitrogens with zero attached hydrogens (tertiary/aromatic N) is 3. The van der Waals surface area contributed by atoms with Crippen molar-refractivity contribution in [3.05, 3.63) is 78.1 Å². The molecule has 0 atom stereocenters. The smallest absolute Gasteiger partial charge is 0.275 e. The molecule has 0 radical (unpaired) electrons. The molecule has 0 aliphatic rings. The highest BCUT2D eigenvalue weighted by Gasteiger charge is 2.16. The molecule has 140 valence electrons. The number of rotatable bonds is 8. The van der Waals surface area contributed by atoms with E-state index in [1.54, 1.807) is 0 Å². The van der Waals surface area contributed by atoms with Gasteiger partial charge in [-0.2, -0.15) is 5.10 Å². The average molecular weight is 364 g/mol. The molecule has 1 amide bonds. The minimum absolute atomic E-state index is 0.0384. The van der Waals surface area contributed by atoms with Gasteiger partial charge in [-0.05, 0) is 37.7 Å². The Kier molecular flexibility index (Phi) is 6.22. The lowest BCUT2D eigenvalue weighted by Gasteiger charge is -2.16. The van der Waals surface area contributed by atoms with Crippen LogP contribution in [-0.2, 0) is 6.54 Å². The first-order valence-electron chi connectivity index (χ1n) is 8.98. The van der Waals surface area contributed by atoms with Crippen LogP contribution in [-0.4, -0.2) is 45.8 Å². The van der Waals surface area contributed by atoms with E-state index < -0.39 is 0 Å². The Morgan fingerprint density at radius 3 is 2.48 bits per heavy atom. The molecule has 0 aliphatic carbocycles. The second-order valence-corrected chi connectivity index (χ2v) is 6.48. The molecule has 3 aromatic rings. The third kappa shape index (κ3) is 5.18. The van der Waals surface area contributed by atoms with Crippen molar-refractivity contribution >= 4 is 5.91 Å². The summed E-state index contributed by atoms with van der Waals surface area (Å²) in [6, 6.07) is 19.6. The van der Waals surface area contributed by atoms with Gasteiger partial charge in [-0.1, -0.05) is 48.5 Å². The highest BCUT2D eigenvalue weighted by Crippen LogP contribution is 2.17. The van der Waals surface area contributed by atoms with Gasteiger partial charge in [0.05, 0.1) is 11.9 Å². The molecule has 0 saturated carbocycles. The fourth-order valence-corrected chi connectivity index (χ4v) is 2.85. The summed E-state index contributed by atoms with van der Waals surface area (Å²) in [5.41, 5.74) is 2.09. The van der Waals surface area contributed by atoms with Gasteiger partial charge in [0.25, 0.3) is 5.91 Å². The van der Waals surface area contributed by atoms with Crippen LogP contribution in [0.3, 0.4) is 0 Å². The predicted octanol–water partition coefficient (Wildman–Crippen LogP) is 2.83. The number of carbonyl (C=O) groups excluding carboxylic acids is 1. The van der Waals surface area contributed by atoms with Gasteiger partial charge in [0, 0.05) is 13.1 Å². The lowest BCUT2D eigenvalue weighted by molar-refractivity contribution is 0.0944. The number of aromatic nitrogens is 2. The van der Waals surface area contributed by atoms with Crippen LogP contribution in [0.1, 0.15) is 22.5 Å². The normalized spacial score (nSPS) is 10.9. The molecule has 0 unspecified atom stereocenters. The molecular formula is C21H24N4O2. The summed E-state index contributed by atoms with van der Waals surface area (Å²) in [6.45, 7) is 2.26. The first-order chi connectivity index (χ1) is 13.1. The summed E-state index contributed by atoms with van der Waals surface area (Å²) in [6.07, 6.45) is 2.26. The van der Waals surface area contributed by atoms with Crippen molar-refractivity contribution in [1.29, 1.82) is 0 Å². The number of amides is 1. The van der Waals surface area contributed by atoms with Crippen LogP contribution >= 0.6 is 0 Å². The van der Waals surface area contributed by atoms with Crippen LogP contribution < -0.4 is 5.32 Å². The lowest BCUT2D eigenvalue weighted by Crippen LogP contribution is -2.28. The first-order valence-corrected chi connectivity index (χ1v) is 8.98. The molecule has 1 heterocycles. The Labute approximate surface area is 159 Å². The molecule has 27 heavy (non-hydrogen) atoms. The molecule has 2 N–H and O–H groups in total. The van der Waals surface area contributed by atoms with Crippen LogP contribution in [0.5, 0.6) is 5.75 Å². The van der Waals surface area contributed by atoms with Crippen molar-refractivity contribution < 1.29 is 9.90 Å². The second-order valence-electron chi connectivity index (χ2n) is 6.48. The van der Waals surface area contributed by atoms with Crippen molar-refractivity contribution in [3.63, 3.8) is 0 Å². The molecular weight excluding hydrogens is 340 g/mol. The molecule has 6 nitrogen and oxygen atoms in total. The molecule has 1 aromatic heterocycles. The Morgan fingerprint density at radius 1 is 1.11 bits per heavy atom. The van der Waals surface area contributed by atoms with E-state index in [0.717, 1.165) is 25.2 Å². The van der Waals surface area contributed by atoms with Crippen LogP contribution in [0.4, 0.5) is 0 Å². The van der Waals surface area contributed by atoms with Crippen LogP contribution in [0.25, 0.3) is 5.69 Å². The lowest BCUT2D eigenvalue weighted by atomic mass is 10.2. The van der Waals surface area contributed by atoms with E-state index in [-0.39, 0.29) is 17.4 Å². The van der Waals surface area contributed by atoms with E-state index in [4.69, 9.17) is 0 Å². The van der Waals surface area contributed by atoms with Gasteiger partial charge >= 0.3 is 0 Å². The number of benzene rings is 2. The summed E-state index contributed by atoms with van der Waals surface area (Å²) in [5, 5.41) is 17.0. The van der Waals surface area contributed by atoms with Crippen molar-refractivity contribution in [2.24, 2.45) is 0 Å². The van der Waals surface area contributed by atoms with Gasteiger partial charge < -0.3 is 15.3 Å². The molecule has 0 bridgehead atoms. The highest BCUT2D eigenvalue weighted by atomic mass is 16.3. The van der Waals surface area contributed by atoms with E-state index in [1.165, 1.54) is 16.4 Å². The molecule has 6 heteroatoms. The zero-order valence-electron chi connectivity index (χ0n) is 15.4. The van der Waals surface area contributed by atoms with E-state index in [2.05, 4.69) is 34.5 Å². The summed E-state index contributed by atoms with van der Waals surface area (Å²) in [5.74, 6) is -0.495. The van der Waals surface area contributed by atoms with Gasteiger partial charge in [-0.25, -0.2) is 4.68 Å². The van der Waals surface area contributed by atoms with E-state index >= 15 is 0 Å². The fourth-order valence-electron chi connectivity index (χ4n) is 2.85. The number of aromatic hydroxyl groups is 1. The van der Waals surface area contributed by atoms with E-state index in [0.29, 0.717) is 6.54 Å². The summed E-state index contributed by atoms with van der Waals surface area (Å²) in [4.78, 5) is 14.5. The molecule has 0 spiro atoms. The van der Waals surface area contributed by atoms with Crippen LogP contribution in [0.2, 0.25) is 0 Å². The van der Waals surface area contributed by atoms with Crippen LogP contribution in [0.15, 0.2) is 66.9 Å². The maximum atomic E-state index is 12.3. The first kappa shape index (κ1) is 18.7. The third-order valence-electron chi connectivity index (χ3n) is 4.23. The molecule has 0 fully saturated rings. The average Bonchev–Trinajstić information content (AvgIpc) is 3.08. The minimum Gasteiger partial charge on any atom is -0.504 e. The van der Waals surface area contributed by atoms with Gasteiger partial charge in [-0.3, -0.25) is 4.79 Å². The minimum atomic E-state index is -0.368. The van der Waals surface area contributed by atoms with Crippen LogP contribution in [0, 0.1) is 0 Å². The predicted molar refractivity (Wildman–Crippen MR) is 105 cm³/mol. The fraction of sp³-hybridized carbons (Fsp3) is 0.238. The second kappa shape index (κ2) is 9.00. The highest BCUT2D eigenvalue weighted by molar-refractivity contribution is 5.94. The third-order valence-corrected chi connectivity index (χ3v) is 4.23. The maximum Gasteiger partial charge on any atom is 0.275 e. The largest absolute Gasteiger partial charge is 0.504 e.